The number of nitrogens with one attached hydrogen (secondary N) is 2. The highest BCUT2D eigenvalue weighted by molar-refractivity contribution is 5.76. The van der Waals surface area contributed by atoms with Gasteiger partial charge in [0.15, 0.2) is 0 Å². The molecule has 58 valence electrons. The van der Waals surface area contributed by atoms with Gasteiger partial charge in [0.05, 0.1) is 11.4 Å². The first kappa shape index (κ1) is 6.49. The molecule has 0 amide bonds. The largest absolute Gasteiger partial charge is 0.357 e. The Balaban J connectivity index is 2.49. The van der Waals surface area contributed by atoms with Gasteiger partial charge in [-0.3, -0.25) is 0 Å². The van der Waals surface area contributed by atoms with Crippen molar-refractivity contribution in [3.05, 3.63) is 23.8 Å². The van der Waals surface area contributed by atoms with Crippen LogP contribution in [0.3, 0.4) is 0 Å². The fraction of sp³-hybridized carbons (Fsp3) is 0.250. The van der Waals surface area contributed by atoms with Gasteiger partial charge in [-0.25, -0.2) is 0 Å². The molecule has 1 aliphatic heterocycles. The van der Waals surface area contributed by atoms with Crippen LogP contribution in [0.1, 0.15) is 5.56 Å². The molecule has 0 aromatic heterocycles. The molecule has 0 fully saturated rings. The third-order valence-electron chi connectivity index (χ3n) is 1.85. The summed E-state index contributed by atoms with van der Waals surface area (Å²) in [5, 5.41) is 14.9. The molecule has 0 bridgehead atoms. The van der Waals surface area contributed by atoms with Crippen molar-refractivity contribution in [2.45, 2.75) is 13.3 Å². The quantitative estimate of drug-likeness (QED) is 0.519. The van der Waals surface area contributed by atoms with Gasteiger partial charge in [0, 0.05) is 0 Å². The van der Waals surface area contributed by atoms with Crippen LogP contribution in [0.25, 0.3) is 0 Å². The van der Waals surface area contributed by atoms with Gasteiger partial charge in [-0.15, -0.1) is 0 Å². The molecule has 0 radical (unpaired) electrons. The van der Waals surface area contributed by atoms with Crippen molar-refractivity contribution >= 4 is 11.4 Å². The molecule has 3 nitrogen and oxygen atoms in total. The highest BCUT2D eigenvalue weighted by Crippen LogP contribution is 2.30. The lowest BCUT2D eigenvalue weighted by Crippen LogP contribution is -2.20. The van der Waals surface area contributed by atoms with E-state index in [2.05, 4.69) is 10.6 Å². The van der Waals surface area contributed by atoms with Crippen LogP contribution in [-0.4, -0.2) is 11.5 Å². The fourth-order valence-corrected chi connectivity index (χ4v) is 1.30. The predicted octanol–water partition coefficient (Wildman–Crippen LogP) is 1.11. The van der Waals surface area contributed by atoms with Gasteiger partial charge < -0.3 is 15.7 Å². The van der Waals surface area contributed by atoms with Crippen LogP contribution in [0.2, 0.25) is 0 Å². The minimum atomic E-state index is -0.633. The van der Waals surface area contributed by atoms with Gasteiger partial charge in [0.2, 0.25) is 6.35 Å². The second-order valence-electron chi connectivity index (χ2n) is 2.69. The van der Waals surface area contributed by atoms with E-state index in [1.165, 1.54) is 0 Å². The van der Waals surface area contributed by atoms with Gasteiger partial charge >= 0.3 is 0 Å². The number of aliphatic hydroxyl groups excluding tert-OH is 1. The highest BCUT2D eigenvalue weighted by atomic mass is 16.3. The summed E-state index contributed by atoms with van der Waals surface area (Å²) in [4.78, 5) is 0. The first-order valence-corrected chi connectivity index (χ1v) is 3.58. The maximum absolute atomic E-state index is 9.15. The molecule has 0 spiro atoms. The molecule has 3 N–H and O–H groups in total. The topological polar surface area (TPSA) is 44.3 Å². The molecule has 1 aliphatic rings. The number of hydrogen-bond donors (Lipinski definition) is 3. The van der Waals surface area contributed by atoms with E-state index in [9.17, 15) is 0 Å². The molecule has 1 aromatic carbocycles. The first-order chi connectivity index (χ1) is 5.27. The van der Waals surface area contributed by atoms with Crippen molar-refractivity contribution < 1.29 is 5.11 Å². The smallest absolute Gasteiger partial charge is 0.202 e. The Hall–Kier alpha value is -1.22. The predicted molar refractivity (Wildman–Crippen MR) is 44.4 cm³/mol. The van der Waals surface area contributed by atoms with E-state index >= 15 is 0 Å². The summed E-state index contributed by atoms with van der Waals surface area (Å²) >= 11 is 0. The summed E-state index contributed by atoms with van der Waals surface area (Å²) in [6.07, 6.45) is -0.633. The first-order valence-electron chi connectivity index (χ1n) is 3.58. The van der Waals surface area contributed by atoms with E-state index in [1.54, 1.807) is 0 Å². The minimum absolute atomic E-state index is 0.633. The van der Waals surface area contributed by atoms with E-state index < -0.39 is 6.35 Å². The van der Waals surface area contributed by atoms with Crippen LogP contribution >= 0.6 is 0 Å². The highest BCUT2D eigenvalue weighted by Gasteiger charge is 2.17. The molecule has 0 saturated heterocycles. The average Bonchev–Trinajstić information content (AvgIpc) is 2.31. The minimum Gasteiger partial charge on any atom is -0.357 e. The molecule has 0 aliphatic carbocycles. The Labute approximate surface area is 65.0 Å². The monoisotopic (exact) mass is 150 g/mol. The zero-order valence-electron chi connectivity index (χ0n) is 6.26. The van der Waals surface area contributed by atoms with E-state index in [4.69, 9.17) is 5.11 Å². The fourth-order valence-electron chi connectivity index (χ4n) is 1.30. The number of aliphatic hydroxyl groups is 1. The van der Waals surface area contributed by atoms with Crippen LogP contribution in [0, 0.1) is 6.92 Å². The van der Waals surface area contributed by atoms with Gasteiger partial charge in [0.1, 0.15) is 0 Å². The van der Waals surface area contributed by atoms with Crippen LogP contribution in [0.4, 0.5) is 11.4 Å². The zero-order valence-corrected chi connectivity index (χ0v) is 6.26. The Morgan fingerprint density at radius 1 is 1.36 bits per heavy atom. The van der Waals surface area contributed by atoms with E-state index in [0.29, 0.717) is 0 Å². The maximum Gasteiger partial charge on any atom is 0.202 e. The number of fused-ring (bicyclic) bond motifs is 1. The van der Waals surface area contributed by atoms with Crippen LogP contribution in [0.5, 0.6) is 0 Å². The standard InChI is InChI=1S/C8H10N2O/c1-5-3-2-4-6-7(5)10-8(11)9-6/h2-4,8-11H,1H3. The molecular formula is C8H10N2O. The van der Waals surface area contributed by atoms with Crippen molar-refractivity contribution in [3.8, 4) is 0 Å². The molecule has 1 atom stereocenters. The van der Waals surface area contributed by atoms with E-state index in [0.717, 1.165) is 16.9 Å². The molecule has 0 saturated carbocycles. The normalized spacial score (nSPS) is 20.4. The lowest BCUT2D eigenvalue weighted by Gasteiger charge is -2.02. The van der Waals surface area contributed by atoms with Gasteiger partial charge in [-0.05, 0) is 18.6 Å². The molecule has 1 heterocycles. The second kappa shape index (κ2) is 2.13. The van der Waals surface area contributed by atoms with E-state index in [-0.39, 0.29) is 0 Å². The van der Waals surface area contributed by atoms with Crippen molar-refractivity contribution in [3.63, 3.8) is 0 Å². The number of rotatable bonds is 0. The number of hydrogen-bond acceptors (Lipinski definition) is 3. The van der Waals surface area contributed by atoms with Crippen LogP contribution in [-0.2, 0) is 0 Å². The number of aryl methyl sites for hydroxylation is 1. The van der Waals surface area contributed by atoms with Gasteiger partial charge in [-0.2, -0.15) is 0 Å². The lowest BCUT2D eigenvalue weighted by atomic mass is 10.2. The number of benzene rings is 1. The van der Waals surface area contributed by atoms with Gasteiger partial charge in [-0.1, -0.05) is 12.1 Å². The second-order valence-corrected chi connectivity index (χ2v) is 2.69. The maximum atomic E-state index is 9.15. The molecule has 2 rings (SSSR count). The average molecular weight is 150 g/mol. The number of anilines is 2. The molecular weight excluding hydrogens is 140 g/mol. The van der Waals surface area contributed by atoms with Crippen molar-refractivity contribution in [2.75, 3.05) is 10.6 Å². The van der Waals surface area contributed by atoms with Crippen molar-refractivity contribution in [2.24, 2.45) is 0 Å². The summed E-state index contributed by atoms with van der Waals surface area (Å²) in [7, 11) is 0. The third-order valence-corrected chi connectivity index (χ3v) is 1.85. The third kappa shape index (κ3) is 0.935. The SMILES string of the molecule is Cc1cccc2c1NC(O)N2. The molecule has 3 heteroatoms. The van der Waals surface area contributed by atoms with E-state index in [1.807, 2.05) is 25.1 Å². The summed E-state index contributed by atoms with van der Waals surface area (Å²) in [6, 6.07) is 5.90. The zero-order chi connectivity index (χ0) is 7.84. The Morgan fingerprint density at radius 2 is 2.18 bits per heavy atom. The summed E-state index contributed by atoms with van der Waals surface area (Å²) in [5.41, 5.74) is 3.11. The molecule has 1 unspecified atom stereocenters. The van der Waals surface area contributed by atoms with Crippen LogP contribution < -0.4 is 10.6 Å². The summed E-state index contributed by atoms with van der Waals surface area (Å²) in [5.74, 6) is 0. The molecule has 1 aromatic rings. The van der Waals surface area contributed by atoms with Gasteiger partial charge in [0.25, 0.3) is 0 Å². The Morgan fingerprint density at radius 3 is 2.91 bits per heavy atom. The van der Waals surface area contributed by atoms with Crippen molar-refractivity contribution in [1.29, 1.82) is 0 Å². The summed E-state index contributed by atoms with van der Waals surface area (Å²) in [6.45, 7) is 2.01. The number of para-hydroxylation sites is 1. The van der Waals surface area contributed by atoms with Crippen LogP contribution in [0.15, 0.2) is 18.2 Å². The Bertz CT molecular complexity index is 285. The molecule has 11 heavy (non-hydrogen) atoms. The summed E-state index contributed by atoms with van der Waals surface area (Å²) < 4.78 is 0. The Kier molecular flexibility index (Phi) is 1.26. The lowest BCUT2D eigenvalue weighted by molar-refractivity contribution is 0.238. The van der Waals surface area contributed by atoms with Crippen molar-refractivity contribution in [1.82, 2.24) is 0 Å².